The van der Waals surface area contributed by atoms with E-state index in [0.717, 1.165) is 36.2 Å². The van der Waals surface area contributed by atoms with E-state index in [2.05, 4.69) is 22.2 Å². The SMILES string of the molecule is CCCCc1ccc(C(=O)Nc2ccc(-c3csc(N=C(N)N)n3)cc2)cc1. The lowest BCUT2D eigenvalue weighted by molar-refractivity contribution is 0.102. The molecule has 0 aliphatic heterocycles. The Kier molecular flexibility index (Phi) is 6.39. The number of carbonyl (C=O) groups is 1. The van der Waals surface area contributed by atoms with Crippen molar-refractivity contribution in [3.8, 4) is 11.3 Å². The topological polar surface area (TPSA) is 106 Å². The van der Waals surface area contributed by atoms with Gasteiger partial charge in [-0.15, -0.1) is 11.3 Å². The van der Waals surface area contributed by atoms with Crippen LogP contribution in [-0.2, 0) is 6.42 Å². The summed E-state index contributed by atoms with van der Waals surface area (Å²) in [5, 5.41) is 5.31. The zero-order valence-electron chi connectivity index (χ0n) is 15.7. The van der Waals surface area contributed by atoms with Crippen molar-refractivity contribution >= 4 is 34.0 Å². The summed E-state index contributed by atoms with van der Waals surface area (Å²) in [6.45, 7) is 2.17. The van der Waals surface area contributed by atoms with Crippen LogP contribution in [0.4, 0.5) is 10.8 Å². The van der Waals surface area contributed by atoms with Gasteiger partial charge in [-0.05, 0) is 42.7 Å². The number of aromatic nitrogens is 1. The van der Waals surface area contributed by atoms with Crippen molar-refractivity contribution in [1.82, 2.24) is 4.98 Å². The number of nitrogens with zero attached hydrogens (tertiary/aromatic N) is 2. The van der Waals surface area contributed by atoms with Crippen LogP contribution < -0.4 is 16.8 Å². The fourth-order valence-corrected chi connectivity index (χ4v) is 3.40. The van der Waals surface area contributed by atoms with Crippen LogP contribution in [-0.4, -0.2) is 16.9 Å². The number of aryl methyl sites for hydroxylation is 1. The Bertz CT molecular complexity index is 957. The number of anilines is 1. The standard InChI is InChI=1S/C21H23N5OS/c1-2-3-4-14-5-7-16(8-6-14)19(27)24-17-11-9-15(10-12-17)18-13-28-21(25-18)26-20(22)23/h5-13H,2-4H2,1H3,(H,24,27)(H4,22,23,25,26). The highest BCUT2D eigenvalue weighted by molar-refractivity contribution is 7.13. The predicted octanol–water partition coefficient (Wildman–Crippen LogP) is 4.31. The molecule has 1 amide bonds. The maximum Gasteiger partial charge on any atom is 0.255 e. The fourth-order valence-electron chi connectivity index (χ4n) is 2.69. The van der Waals surface area contributed by atoms with Crippen LogP contribution in [0.15, 0.2) is 58.9 Å². The number of aliphatic imine (C=N–C) groups is 1. The number of nitrogens with two attached hydrogens (primary N) is 2. The van der Waals surface area contributed by atoms with Gasteiger partial charge >= 0.3 is 0 Å². The molecule has 0 aliphatic rings. The van der Waals surface area contributed by atoms with Gasteiger partial charge < -0.3 is 16.8 Å². The quantitative estimate of drug-likeness (QED) is 0.411. The number of benzene rings is 2. The Labute approximate surface area is 168 Å². The normalized spacial score (nSPS) is 10.5. The lowest BCUT2D eigenvalue weighted by Gasteiger charge is -2.07. The predicted molar refractivity (Wildman–Crippen MR) is 116 cm³/mol. The number of nitrogens with one attached hydrogen (secondary N) is 1. The molecular formula is C21H23N5OS. The van der Waals surface area contributed by atoms with Crippen LogP contribution in [0.2, 0.25) is 0 Å². The number of hydrogen-bond donors (Lipinski definition) is 3. The lowest BCUT2D eigenvalue weighted by Crippen LogP contribution is -2.21. The molecule has 3 aromatic rings. The second-order valence-corrected chi connectivity index (χ2v) is 7.22. The van der Waals surface area contributed by atoms with Crippen LogP contribution in [0.1, 0.15) is 35.7 Å². The summed E-state index contributed by atoms with van der Waals surface area (Å²) in [7, 11) is 0. The van der Waals surface area contributed by atoms with Crippen LogP contribution in [0.5, 0.6) is 0 Å². The van der Waals surface area contributed by atoms with Gasteiger partial charge in [0.05, 0.1) is 5.69 Å². The summed E-state index contributed by atoms with van der Waals surface area (Å²) >= 11 is 1.36. The summed E-state index contributed by atoms with van der Waals surface area (Å²) in [6, 6.07) is 15.3. The van der Waals surface area contributed by atoms with E-state index < -0.39 is 0 Å². The largest absolute Gasteiger partial charge is 0.370 e. The van der Waals surface area contributed by atoms with E-state index in [1.165, 1.54) is 16.9 Å². The third kappa shape index (κ3) is 5.17. The zero-order chi connectivity index (χ0) is 19.9. The van der Waals surface area contributed by atoms with E-state index in [-0.39, 0.29) is 11.9 Å². The molecule has 1 aromatic heterocycles. The Morgan fingerprint density at radius 2 is 1.82 bits per heavy atom. The van der Waals surface area contributed by atoms with Gasteiger partial charge in [-0.2, -0.15) is 4.99 Å². The van der Waals surface area contributed by atoms with Crippen molar-refractivity contribution in [2.45, 2.75) is 26.2 Å². The van der Waals surface area contributed by atoms with Gasteiger partial charge in [-0.25, -0.2) is 4.98 Å². The molecule has 0 aliphatic carbocycles. The van der Waals surface area contributed by atoms with Gasteiger partial charge in [-0.1, -0.05) is 37.6 Å². The van der Waals surface area contributed by atoms with Crippen molar-refractivity contribution in [2.75, 3.05) is 5.32 Å². The molecule has 2 aromatic carbocycles. The lowest BCUT2D eigenvalue weighted by atomic mass is 10.1. The van der Waals surface area contributed by atoms with Crippen molar-refractivity contribution in [2.24, 2.45) is 16.5 Å². The van der Waals surface area contributed by atoms with Gasteiger partial charge in [-0.3, -0.25) is 4.79 Å². The number of carbonyl (C=O) groups excluding carboxylic acids is 1. The van der Waals surface area contributed by atoms with E-state index in [1.54, 1.807) is 0 Å². The molecule has 0 unspecified atom stereocenters. The molecule has 28 heavy (non-hydrogen) atoms. The molecule has 0 fully saturated rings. The van der Waals surface area contributed by atoms with Gasteiger partial charge in [0.1, 0.15) is 0 Å². The molecule has 0 radical (unpaired) electrons. The smallest absolute Gasteiger partial charge is 0.255 e. The number of hydrogen-bond acceptors (Lipinski definition) is 4. The summed E-state index contributed by atoms with van der Waals surface area (Å²) in [5.74, 6) is -0.143. The molecule has 0 atom stereocenters. The number of amides is 1. The second kappa shape index (κ2) is 9.14. The van der Waals surface area contributed by atoms with Crippen molar-refractivity contribution in [1.29, 1.82) is 0 Å². The summed E-state index contributed by atoms with van der Waals surface area (Å²) < 4.78 is 0. The Morgan fingerprint density at radius 1 is 1.11 bits per heavy atom. The number of guanidine groups is 1. The summed E-state index contributed by atoms with van der Waals surface area (Å²) in [6.07, 6.45) is 3.36. The molecule has 6 nitrogen and oxygen atoms in total. The maximum absolute atomic E-state index is 12.4. The molecule has 1 heterocycles. The van der Waals surface area contributed by atoms with Crippen LogP contribution in [0, 0.1) is 0 Å². The third-order valence-corrected chi connectivity index (χ3v) is 4.92. The Hall–Kier alpha value is -3.19. The summed E-state index contributed by atoms with van der Waals surface area (Å²) in [4.78, 5) is 20.8. The van der Waals surface area contributed by atoms with Crippen LogP contribution >= 0.6 is 11.3 Å². The van der Waals surface area contributed by atoms with Crippen molar-refractivity contribution in [3.63, 3.8) is 0 Å². The highest BCUT2D eigenvalue weighted by atomic mass is 32.1. The van der Waals surface area contributed by atoms with Gasteiger partial charge in [0, 0.05) is 22.2 Å². The van der Waals surface area contributed by atoms with E-state index in [1.807, 2.05) is 53.9 Å². The highest BCUT2D eigenvalue weighted by Gasteiger charge is 2.08. The zero-order valence-corrected chi connectivity index (χ0v) is 16.5. The molecular weight excluding hydrogens is 370 g/mol. The monoisotopic (exact) mass is 393 g/mol. The molecule has 0 saturated carbocycles. The van der Waals surface area contributed by atoms with E-state index in [9.17, 15) is 4.79 Å². The molecule has 5 N–H and O–H groups in total. The molecule has 3 rings (SSSR count). The van der Waals surface area contributed by atoms with Crippen molar-refractivity contribution < 1.29 is 4.79 Å². The summed E-state index contributed by atoms with van der Waals surface area (Å²) in [5.41, 5.74) is 15.1. The van der Waals surface area contributed by atoms with E-state index in [4.69, 9.17) is 11.5 Å². The van der Waals surface area contributed by atoms with E-state index >= 15 is 0 Å². The fraction of sp³-hybridized carbons (Fsp3) is 0.190. The van der Waals surface area contributed by atoms with E-state index in [0.29, 0.717) is 10.7 Å². The van der Waals surface area contributed by atoms with Gasteiger partial charge in [0.2, 0.25) is 5.13 Å². The average molecular weight is 394 g/mol. The highest BCUT2D eigenvalue weighted by Crippen LogP contribution is 2.27. The van der Waals surface area contributed by atoms with Gasteiger partial charge in [0.15, 0.2) is 5.96 Å². The number of unbranched alkanes of at least 4 members (excludes halogenated alkanes) is 1. The first kappa shape index (κ1) is 19.6. The third-order valence-electron chi connectivity index (χ3n) is 4.19. The van der Waals surface area contributed by atoms with Crippen molar-refractivity contribution in [3.05, 3.63) is 65.0 Å². The Balaban J connectivity index is 1.64. The first-order valence-electron chi connectivity index (χ1n) is 9.11. The molecule has 0 saturated heterocycles. The van der Waals surface area contributed by atoms with Crippen LogP contribution in [0.25, 0.3) is 11.3 Å². The van der Waals surface area contributed by atoms with Gasteiger partial charge in [0.25, 0.3) is 5.91 Å². The molecule has 0 bridgehead atoms. The first-order valence-corrected chi connectivity index (χ1v) is 9.99. The average Bonchev–Trinajstić information content (AvgIpc) is 3.15. The second-order valence-electron chi connectivity index (χ2n) is 6.38. The minimum atomic E-state index is -0.126. The molecule has 7 heteroatoms. The maximum atomic E-state index is 12.4. The van der Waals surface area contributed by atoms with Crippen LogP contribution in [0.3, 0.4) is 0 Å². The minimum absolute atomic E-state index is 0.0163. The molecule has 0 spiro atoms. The number of thiazole rings is 1. The Morgan fingerprint density at radius 3 is 2.46 bits per heavy atom. The first-order chi connectivity index (χ1) is 13.5. The number of rotatable bonds is 7. The molecule has 144 valence electrons. The minimum Gasteiger partial charge on any atom is -0.370 e.